The molecule has 170 valence electrons. The molecule has 0 bridgehead atoms. The molecule has 4 rings (SSSR count). The number of likely N-dealkylation sites (tertiary alicyclic amines) is 1. The number of rotatable bonds is 6. The molecule has 0 spiro atoms. The van der Waals surface area contributed by atoms with Crippen LogP contribution in [0, 0.1) is 15.3 Å². The molecule has 1 saturated heterocycles. The summed E-state index contributed by atoms with van der Waals surface area (Å²) in [5.74, 6) is -0.469. The van der Waals surface area contributed by atoms with Gasteiger partial charge in [0.05, 0.1) is 16.6 Å². The van der Waals surface area contributed by atoms with Crippen molar-refractivity contribution in [2.24, 2.45) is 11.0 Å². The highest BCUT2D eigenvalue weighted by Gasteiger charge is 2.26. The number of nitrogens with one attached hydrogen (secondary N) is 1. The largest absolute Gasteiger partial charge is 0.328 e. The monoisotopic (exact) mass is 562 g/mol. The van der Waals surface area contributed by atoms with E-state index in [0.717, 1.165) is 0 Å². The zero-order valence-corrected chi connectivity index (χ0v) is 19.7. The zero-order chi connectivity index (χ0) is 23.5. The lowest BCUT2D eigenvalue weighted by Gasteiger charge is -2.31. The fraction of sp³-hybridized carbons (Fsp3) is 0.318. The SMILES string of the molecule is [N-]=[N+]=Nc1ccc2c(=O)n(CCN3CCC(C(=O)c4ccc(F)cc4)CC3)c(=O)[nH]c2c1I. The van der Waals surface area contributed by atoms with Gasteiger partial charge < -0.3 is 9.88 Å². The second kappa shape index (κ2) is 9.86. The van der Waals surface area contributed by atoms with Crippen LogP contribution in [-0.2, 0) is 6.54 Å². The summed E-state index contributed by atoms with van der Waals surface area (Å²) in [4.78, 5) is 45.7. The number of benzene rings is 2. The Bertz CT molecular complexity index is 1370. The standard InChI is InChI=1S/C22H20FIN6O3/c23-15-3-1-13(2-4-15)20(31)14-7-9-29(10-8-14)11-12-30-21(32)16-5-6-17(27-28-25)18(24)19(16)26-22(30)33/h1-6,14H,7-12H2,(H,26,33). The second-order valence-electron chi connectivity index (χ2n) is 7.88. The van der Waals surface area contributed by atoms with Crippen LogP contribution in [0.1, 0.15) is 23.2 Å². The number of Topliss-reactive ketones (excluding diaryl/α,β-unsaturated/α-hetero) is 1. The van der Waals surface area contributed by atoms with E-state index in [1.54, 1.807) is 12.1 Å². The normalized spacial score (nSPS) is 14.8. The quantitative estimate of drug-likeness (QED) is 0.161. The predicted molar refractivity (Wildman–Crippen MR) is 130 cm³/mol. The Kier molecular flexibility index (Phi) is 6.91. The first-order chi connectivity index (χ1) is 15.9. The van der Waals surface area contributed by atoms with E-state index >= 15 is 0 Å². The summed E-state index contributed by atoms with van der Waals surface area (Å²) < 4.78 is 14.8. The van der Waals surface area contributed by atoms with Gasteiger partial charge in [-0.2, -0.15) is 0 Å². The van der Waals surface area contributed by atoms with Gasteiger partial charge in [-0.15, -0.1) is 0 Å². The zero-order valence-electron chi connectivity index (χ0n) is 17.5. The van der Waals surface area contributed by atoms with Gasteiger partial charge in [-0.1, -0.05) is 11.2 Å². The van der Waals surface area contributed by atoms with Gasteiger partial charge >= 0.3 is 5.69 Å². The Morgan fingerprint density at radius 1 is 1.15 bits per heavy atom. The topological polar surface area (TPSA) is 124 Å². The molecular weight excluding hydrogens is 542 g/mol. The summed E-state index contributed by atoms with van der Waals surface area (Å²) in [6.07, 6.45) is 1.33. The fourth-order valence-electron chi connectivity index (χ4n) is 4.12. The Morgan fingerprint density at radius 2 is 1.85 bits per heavy atom. The summed E-state index contributed by atoms with van der Waals surface area (Å²) in [5.41, 5.74) is 8.95. The average molecular weight is 562 g/mol. The number of halogens is 2. The van der Waals surface area contributed by atoms with Crippen molar-refractivity contribution < 1.29 is 9.18 Å². The number of nitrogens with zero attached hydrogens (tertiary/aromatic N) is 5. The van der Waals surface area contributed by atoms with Crippen LogP contribution >= 0.6 is 22.6 Å². The molecule has 3 aromatic rings. The number of piperidine rings is 1. The Labute approximate surface area is 201 Å². The first-order valence-electron chi connectivity index (χ1n) is 10.4. The summed E-state index contributed by atoms with van der Waals surface area (Å²) in [5, 5.41) is 3.92. The van der Waals surface area contributed by atoms with E-state index in [-0.39, 0.29) is 24.1 Å². The summed E-state index contributed by atoms with van der Waals surface area (Å²) in [7, 11) is 0. The maximum Gasteiger partial charge on any atom is 0.328 e. The van der Waals surface area contributed by atoms with Crippen molar-refractivity contribution in [1.82, 2.24) is 14.5 Å². The number of fused-ring (bicyclic) bond motifs is 1. The Hall–Kier alpha value is -3.02. The highest BCUT2D eigenvalue weighted by molar-refractivity contribution is 14.1. The van der Waals surface area contributed by atoms with Crippen LogP contribution in [0.25, 0.3) is 21.3 Å². The van der Waals surface area contributed by atoms with E-state index in [4.69, 9.17) is 5.53 Å². The third-order valence-electron chi connectivity index (χ3n) is 5.95. The first-order valence-corrected chi connectivity index (χ1v) is 11.5. The van der Waals surface area contributed by atoms with E-state index in [1.165, 1.54) is 28.8 Å². The van der Waals surface area contributed by atoms with Crippen molar-refractivity contribution in [3.63, 3.8) is 0 Å². The molecule has 1 aliphatic rings. The maximum absolute atomic E-state index is 13.1. The Balaban J connectivity index is 1.43. The van der Waals surface area contributed by atoms with Crippen LogP contribution in [-0.4, -0.2) is 39.9 Å². The van der Waals surface area contributed by atoms with Crippen molar-refractivity contribution in [2.45, 2.75) is 19.4 Å². The molecule has 1 aromatic heterocycles. The molecule has 1 fully saturated rings. The molecule has 0 atom stereocenters. The van der Waals surface area contributed by atoms with Gasteiger partial charge in [0.1, 0.15) is 5.82 Å². The average Bonchev–Trinajstić information content (AvgIpc) is 2.82. The number of carbonyl (C=O) groups excluding carboxylic acids is 1. The van der Waals surface area contributed by atoms with Gasteiger partial charge in [-0.05, 0) is 84.4 Å². The van der Waals surface area contributed by atoms with E-state index in [2.05, 4.69) is 19.9 Å². The third-order valence-corrected chi connectivity index (χ3v) is 7.05. The lowest BCUT2D eigenvalue weighted by atomic mass is 9.89. The van der Waals surface area contributed by atoms with Gasteiger partial charge in [-0.3, -0.25) is 14.2 Å². The third kappa shape index (κ3) is 4.85. The van der Waals surface area contributed by atoms with E-state index < -0.39 is 11.2 Å². The summed E-state index contributed by atoms with van der Waals surface area (Å²) in [6, 6.07) is 8.71. The molecular formula is C22H20FIN6O3. The van der Waals surface area contributed by atoms with Gasteiger partial charge in [0.25, 0.3) is 5.56 Å². The first kappa shape index (κ1) is 23.1. The molecule has 0 radical (unpaired) electrons. The molecule has 0 unspecified atom stereocenters. The minimum Gasteiger partial charge on any atom is -0.306 e. The Morgan fingerprint density at radius 3 is 2.52 bits per heavy atom. The van der Waals surface area contributed by atoms with Crippen molar-refractivity contribution in [3.05, 3.63) is 82.6 Å². The van der Waals surface area contributed by atoms with Crippen LogP contribution in [0.15, 0.2) is 51.1 Å². The van der Waals surface area contributed by atoms with Crippen molar-refractivity contribution in [1.29, 1.82) is 0 Å². The minimum atomic E-state index is -0.523. The smallest absolute Gasteiger partial charge is 0.306 e. The van der Waals surface area contributed by atoms with Gasteiger partial charge in [0.15, 0.2) is 5.78 Å². The minimum absolute atomic E-state index is 0.0200. The summed E-state index contributed by atoms with van der Waals surface area (Å²) in [6.45, 7) is 2.06. The number of H-pyrrole nitrogens is 1. The number of hydrogen-bond donors (Lipinski definition) is 1. The maximum atomic E-state index is 13.1. The highest BCUT2D eigenvalue weighted by atomic mass is 127. The number of aromatic nitrogens is 2. The van der Waals surface area contributed by atoms with Crippen molar-refractivity contribution in [2.75, 3.05) is 19.6 Å². The van der Waals surface area contributed by atoms with E-state index in [9.17, 15) is 18.8 Å². The molecule has 0 amide bonds. The molecule has 9 nitrogen and oxygen atoms in total. The van der Waals surface area contributed by atoms with Crippen LogP contribution in [0.4, 0.5) is 10.1 Å². The number of aromatic amines is 1. The molecule has 11 heteroatoms. The number of carbonyl (C=O) groups is 1. The molecule has 33 heavy (non-hydrogen) atoms. The van der Waals surface area contributed by atoms with Crippen LogP contribution < -0.4 is 11.2 Å². The summed E-state index contributed by atoms with van der Waals surface area (Å²) >= 11 is 1.94. The van der Waals surface area contributed by atoms with Gasteiger partial charge in [0.2, 0.25) is 0 Å². The predicted octanol–water partition coefficient (Wildman–Crippen LogP) is 3.97. The van der Waals surface area contributed by atoms with Crippen LogP contribution in [0.3, 0.4) is 0 Å². The van der Waals surface area contributed by atoms with Crippen LogP contribution in [0.2, 0.25) is 0 Å². The molecule has 1 N–H and O–H groups in total. The number of azide groups is 1. The highest BCUT2D eigenvalue weighted by Crippen LogP contribution is 2.27. The molecule has 0 saturated carbocycles. The fourth-order valence-corrected chi connectivity index (χ4v) is 4.83. The molecule has 1 aliphatic heterocycles. The van der Waals surface area contributed by atoms with Crippen LogP contribution in [0.5, 0.6) is 0 Å². The molecule has 2 heterocycles. The molecule has 0 aliphatic carbocycles. The van der Waals surface area contributed by atoms with Gasteiger partial charge in [0, 0.05) is 33.1 Å². The number of ketones is 1. The van der Waals surface area contributed by atoms with Crippen molar-refractivity contribution >= 4 is 45.0 Å². The van der Waals surface area contributed by atoms with E-state index in [0.29, 0.717) is 58.2 Å². The van der Waals surface area contributed by atoms with Crippen molar-refractivity contribution in [3.8, 4) is 0 Å². The van der Waals surface area contributed by atoms with Gasteiger partial charge in [-0.25, -0.2) is 9.18 Å². The lowest BCUT2D eigenvalue weighted by molar-refractivity contribution is 0.0837. The number of hydrogen-bond acceptors (Lipinski definition) is 5. The molecule has 2 aromatic carbocycles. The second-order valence-corrected chi connectivity index (χ2v) is 8.96. The lowest BCUT2D eigenvalue weighted by Crippen LogP contribution is -2.42. The van der Waals surface area contributed by atoms with E-state index in [1.807, 2.05) is 22.6 Å².